The minimum absolute atomic E-state index is 0.239. The van der Waals surface area contributed by atoms with Gasteiger partial charge in [0.25, 0.3) is 0 Å². The first-order valence-corrected chi connectivity index (χ1v) is 6.78. The highest BCUT2D eigenvalue weighted by atomic mass is 16.5. The zero-order valence-electron chi connectivity index (χ0n) is 10.6. The van der Waals surface area contributed by atoms with Gasteiger partial charge in [-0.15, -0.1) is 0 Å². The van der Waals surface area contributed by atoms with Crippen molar-refractivity contribution in [2.24, 2.45) is 17.1 Å². The van der Waals surface area contributed by atoms with Crippen LogP contribution in [0.15, 0.2) is 0 Å². The first-order chi connectivity index (χ1) is 7.78. The lowest BCUT2D eigenvalue weighted by molar-refractivity contribution is -0.0217. The van der Waals surface area contributed by atoms with Gasteiger partial charge in [0.2, 0.25) is 0 Å². The van der Waals surface area contributed by atoms with E-state index in [0.717, 1.165) is 38.8 Å². The van der Waals surface area contributed by atoms with Crippen molar-refractivity contribution in [1.82, 2.24) is 4.90 Å². The van der Waals surface area contributed by atoms with Crippen molar-refractivity contribution in [1.29, 1.82) is 0 Å². The summed E-state index contributed by atoms with van der Waals surface area (Å²) < 4.78 is 5.64. The fourth-order valence-electron chi connectivity index (χ4n) is 2.71. The van der Waals surface area contributed by atoms with Crippen LogP contribution in [-0.2, 0) is 4.74 Å². The quantitative estimate of drug-likeness (QED) is 0.745. The third kappa shape index (κ3) is 3.19. The Morgan fingerprint density at radius 2 is 2.25 bits per heavy atom. The van der Waals surface area contributed by atoms with E-state index in [1.807, 2.05) is 0 Å². The summed E-state index contributed by atoms with van der Waals surface area (Å²) in [7, 11) is 0. The molecule has 0 radical (unpaired) electrons. The van der Waals surface area contributed by atoms with E-state index in [4.69, 9.17) is 10.5 Å². The molecule has 0 aromatic rings. The second-order valence-corrected chi connectivity index (χ2v) is 5.63. The van der Waals surface area contributed by atoms with Crippen LogP contribution in [0.3, 0.4) is 0 Å². The summed E-state index contributed by atoms with van der Waals surface area (Å²) in [6.45, 7) is 8.39. The standard InChI is InChI=1S/C13H26N2O/c1-2-15(8-12-4-5-12)10-13(9-14)6-3-7-16-11-13/h12H,2-11,14H2,1H3. The highest BCUT2D eigenvalue weighted by molar-refractivity contribution is 4.87. The van der Waals surface area contributed by atoms with E-state index in [2.05, 4.69) is 11.8 Å². The van der Waals surface area contributed by atoms with E-state index in [1.165, 1.54) is 32.2 Å². The maximum Gasteiger partial charge on any atom is 0.0546 e. The van der Waals surface area contributed by atoms with Gasteiger partial charge in [-0.25, -0.2) is 0 Å². The molecule has 0 amide bonds. The van der Waals surface area contributed by atoms with Crippen LogP contribution in [0.4, 0.5) is 0 Å². The summed E-state index contributed by atoms with van der Waals surface area (Å²) in [5.41, 5.74) is 6.22. The Labute approximate surface area is 99.3 Å². The summed E-state index contributed by atoms with van der Waals surface area (Å²) in [5, 5.41) is 0. The lowest BCUT2D eigenvalue weighted by atomic mass is 9.82. The van der Waals surface area contributed by atoms with E-state index in [-0.39, 0.29) is 5.41 Å². The van der Waals surface area contributed by atoms with Gasteiger partial charge in [0.15, 0.2) is 0 Å². The Morgan fingerprint density at radius 3 is 2.75 bits per heavy atom. The minimum Gasteiger partial charge on any atom is -0.381 e. The second kappa shape index (κ2) is 5.48. The molecule has 1 aliphatic heterocycles. The molecule has 94 valence electrons. The van der Waals surface area contributed by atoms with Crippen molar-refractivity contribution in [3.05, 3.63) is 0 Å². The van der Waals surface area contributed by atoms with E-state index in [0.29, 0.717) is 0 Å². The summed E-state index contributed by atoms with van der Waals surface area (Å²) in [4.78, 5) is 2.58. The molecule has 3 heteroatoms. The van der Waals surface area contributed by atoms with Crippen molar-refractivity contribution in [3.8, 4) is 0 Å². The Hall–Kier alpha value is -0.120. The lowest BCUT2D eigenvalue weighted by Gasteiger charge is -2.40. The van der Waals surface area contributed by atoms with E-state index in [1.54, 1.807) is 0 Å². The molecule has 1 unspecified atom stereocenters. The van der Waals surface area contributed by atoms with Crippen LogP contribution < -0.4 is 5.73 Å². The molecular formula is C13H26N2O. The first-order valence-electron chi connectivity index (χ1n) is 6.78. The second-order valence-electron chi connectivity index (χ2n) is 5.63. The largest absolute Gasteiger partial charge is 0.381 e. The van der Waals surface area contributed by atoms with Crippen LogP contribution >= 0.6 is 0 Å². The van der Waals surface area contributed by atoms with Crippen LogP contribution in [0, 0.1) is 11.3 Å². The molecule has 2 N–H and O–H groups in total. The van der Waals surface area contributed by atoms with Crippen LogP contribution in [-0.4, -0.2) is 44.3 Å². The smallest absolute Gasteiger partial charge is 0.0546 e. The third-order valence-corrected chi connectivity index (χ3v) is 4.06. The van der Waals surface area contributed by atoms with Crippen LogP contribution in [0.1, 0.15) is 32.6 Å². The summed E-state index contributed by atoms with van der Waals surface area (Å²) in [5.74, 6) is 0.972. The van der Waals surface area contributed by atoms with Gasteiger partial charge in [-0.05, 0) is 38.1 Å². The predicted octanol–water partition coefficient (Wildman–Crippen LogP) is 1.47. The van der Waals surface area contributed by atoms with Crippen LogP contribution in [0.5, 0.6) is 0 Å². The summed E-state index contributed by atoms with van der Waals surface area (Å²) in [6.07, 6.45) is 5.29. The number of hydrogen-bond acceptors (Lipinski definition) is 3. The highest BCUT2D eigenvalue weighted by Crippen LogP contribution is 2.33. The van der Waals surface area contributed by atoms with Crippen molar-refractivity contribution < 1.29 is 4.74 Å². The van der Waals surface area contributed by atoms with Gasteiger partial charge in [-0.2, -0.15) is 0 Å². The Balaban J connectivity index is 1.86. The van der Waals surface area contributed by atoms with Crippen LogP contribution in [0.25, 0.3) is 0 Å². The number of nitrogens with two attached hydrogens (primary N) is 1. The normalized spacial score (nSPS) is 30.9. The monoisotopic (exact) mass is 226 g/mol. The molecule has 1 saturated carbocycles. The predicted molar refractivity (Wildman–Crippen MR) is 66.4 cm³/mol. The zero-order chi connectivity index (χ0) is 11.4. The molecule has 1 aliphatic carbocycles. The molecule has 2 aliphatic rings. The van der Waals surface area contributed by atoms with Crippen LogP contribution in [0.2, 0.25) is 0 Å². The van der Waals surface area contributed by atoms with Gasteiger partial charge in [-0.3, -0.25) is 0 Å². The Morgan fingerprint density at radius 1 is 1.44 bits per heavy atom. The molecular weight excluding hydrogens is 200 g/mol. The van der Waals surface area contributed by atoms with Crippen molar-refractivity contribution >= 4 is 0 Å². The van der Waals surface area contributed by atoms with Crippen molar-refractivity contribution in [3.63, 3.8) is 0 Å². The molecule has 2 rings (SSSR count). The number of hydrogen-bond donors (Lipinski definition) is 1. The molecule has 3 nitrogen and oxygen atoms in total. The van der Waals surface area contributed by atoms with Crippen molar-refractivity contribution in [2.75, 3.05) is 39.4 Å². The molecule has 1 atom stereocenters. The van der Waals surface area contributed by atoms with E-state index < -0.39 is 0 Å². The first kappa shape index (κ1) is 12.3. The number of nitrogens with zero attached hydrogens (tertiary/aromatic N) is 1. The fourth-order valence-corrected chi connectivity index (χ4v) is 2.71. The molecule has 16 heavy (non-hydrogen) atoms. The van der Waals surface area contributed by atoms with Gasteiger partial charge in [0, 0.05) is 31.7 Å². The molecule has 2 fully saturated rings. The number of rotatable bonds is 6. The van der Waals surface area contributed by atoms with Crippen molar-refractivity contribution in [2.45, 2.75) is 32.6 Å². The van der Waals surface area contributed by atoms with Gasteiger partial charge in [0.1, 0.15) is 0 Å². The average molecular weight is 226 g/mol. The summed E-state index contributed by atoms with van der Waals surface area (Å²) >= 11 is 0. The van der Waals surface area contributed by atoms with Gasteiger partial charge < -0.3 is 15.4 Å². The topological polar surface area (TPSA) is 38.5 Å². The molecule has 0 spiro atoms. The fraction of sp³-hybridized carbons (Fsp3) is 1.00. The third-order valence-electron chi connectivity index (χ3n) is 4.06. The van der Waals surface area contributed by atoms with E-state index >= 15 is 0 Å². The van der Waals surface area contributed by atoms with Gasteiger partial charge in [-0.1, -0.05) is 6.92 Å². The molecule has 0 aromatic heterocycles. The summed E-state index contributed by atoms with van der Waals surface area (Å²) in [6, 6.07) is 0. The zero-order valence-corrected chi connectivity index (χ0v) is 10.6. The lowest BCUT2D eigenvalue weighted by Crippen LogP contribution is -2.48. The molecule has 0 aromatic carbocycles. The molecule has 0 bridgehead atoms. The Kier molecular flexibility index (Phi) is 4.22. The highest BCUT2D eigenvalue weighted by Gasteiger charge is 2.34. The number of ether oxygens (including phenoxy) is 1. The molecule has 1 heterocycles. The Bertz CT molecular complexity index is 210. The van der Waals surface area contributed by atoms with E-state index in [9.17, 15) is 0 Å². The average Bonchev–Trinajstić information content (AvgIpc) is 3.13. The van der Waals surface area contributed by atoms with Gasteiger partial charge >= 0.3 is 0 Å². The SMILES string of the molecule is CCN(CC1CC1)CC1(CN)CCCOC1. The minimum atomic E-state index is 0.239. The molecule has 1 saturated heterocycles. The maximum atomic E-state index is 5.98. The maximum absolute atomic E-state index is 5.98. The van der Waals surface area contributed by atoms with Gasteiger partial charge in [0.05, 0.1) is 6.61 Å².